The van der Waals surface area contributed by atoms with Crippen LogP contribution in [0.1, 0.15) is 44.6 Å². The molecule has 106 valence electrons. The highest BCUT2D eigenvalue weighted by atomic mass is 79.9. The lowest BCUT2D eigenvalue weighted by molar-refractivity contribution is 0.275. The molecule has 1 fully saturated rings. The minimum absolute atomic E-state index is 0.131. The fraction of sp³-hybridized carbons (Fsp3) is 0.625. The van der Waals surface area contributed by atoms with Crippen LogP contribution in [0.5, 0.6) is 0 Å². The van der Waals surface area contributed by atoms with Gasteiger partial charge in [0, 0.05) is 16.6 Å². The molecular formula is C16H23BrFN. The summed E-state index contributed by atoms with van der Waals surface area (Å²) in [5.41, 5.74) is 0.736. The summed E-state index contributed by atoms with van der Waals surface area (Å²) in [4.78, 5) is 0. The van der Waals surface area contributed by atoms with Gasteiger partial charge < -0.3 is 5.32 Å². The van der Waals surface area contributed by atoms with Gasteiger partial charge in [-0.25, -0.2) is 4.39 Å². The molecule has 0 spiro atoms. The molecule has 1 N–H and O–H groups in total. The molecule has 0 aromatic heterocycles. The SMILES string of the molecule is CC1CCC(CCNCc2c(F)cccc2Br)CC1. The van der Waals surface area contributed by atoms with Crippen molar-refractivity contribution in [3.05, 3.63) is 34.1 Å². The molecular weight excluding hydrogens is 305 g/mol. The topological polar surface area (TPSA) is 12.0 Å². The van der Waals surface area contributed by atoms with Gasteiger partial charge in [-0.15, -0.1) is 0 Å². The zero-order chi connectivity index (χ0) is 13.7. The Morgan fingerprint density at radius 3 is 2.68 bits per heavy atom. The van der Waals surface area contributed by atoms with Gasteiger partial charge in [-0.05, 0) is 36.9 Å². The third-order valence-corrected chi connectivity index (χ3v) is 4.97. The number of hydrogen-bond donors (Lipinski definition) is 1. The van der Waals surface area contributed by atoms with Crippen LogP contribution < -0.4 is 5.32 Å². The van der Waals surface area contributed by atoms with Crippen molar-refractivity contribution in [2.24, 2.45) is 11.8 Å². The minimum Gasteiger partial charge on any atom is -0.313 e. The first-order valence-electron chi connectivity index (χ1n) is 7.30. The second-order valence-corrected chi connectivity index (χ2v) is 6.65. The molecule has 2 rings (SSSR count). The average molecular weight is 328 g/mol. The van der Waals surface area contributed by atoms with Gasteiger partial charge in [0.15, 0.2) is 0 Å². The second kappa shape index (κ2) is 7.39. The maximum absolute atomic E-state index is 13.6. The highest BCUT2D eigenvalue weighted by Crippen LogP contribution is 2.30. The van der Waals surface area contributed by atoms with Crippen LogP contribution in [0, 0.1) is 17.7 Å². The van der Waals surface area contributed by atoms with Gasteiger partial charge in [0.1, 0.15) is 5.82 Å². The summed E-state index contributed by atoms with van der Waals surface area (Å²) in [7, 11) is 0. The molecule has 1 aromatic carbocycles. The number of hydrogen-bond acceptors (Lipinski definition) is 1. The van der Waals surface area contributed by atoms with E-state index in [0.717, 1.165) is 28.4 Å². The van der Waals surface area contributed by atoms with Crippen molar-refractivity contribution in [3.8, 4) is 0 Å². The third kappa shape index (κ3) is 4.57. The lowest BCUT2D eigenvalue weighted by Gasteiger charge is -2.26. The second-order valence-electron chi connectivity index (χ2n) is 5.79. The van der Waals surface area contributed by atoms with Crippen LogP contribution in [0.15, 0.2) is 22.7 Å². The highest BCUT2D eigenvalue weighted by molar-refractivity contribution is 9.10. The van der Waals surface area contributed by atoms with Gasteiger partial charge in [-0.1, -0.05) is 54.6 Å². The lowest BCUT2D eigenvalue weighted by Crippen LogP contribution is -2.21. The summed E-state index contributed by atoms with van der Waals surface area (Å²) >= 11 is 3.40. The Bertz CT molecular complexity index is 379. The van der Waals surface area contributed by atoms with Crippen molar-refractivity contribution in [2.45, 2.75) is 45.6 Å². The molecule has 0 unspecified atom stereocenters. The molecule has 1 nitrogen and oxygen atoms in total. The van der Waals surface area contributed by atoms with Crippen molar-refractivity contribution in [3.63, 3.8) is 0 Å². The van der Waals surface area contributed by atoms with E-state index in [1.54, 1.807) is 6.07 Å². The maximum Gasteiger partial charge on any atom is 0.128 e. The number of rotatable bonds is 5. The first-order chi connectivity index (χ1) is 9.16. The van der Waals surface area contributed by atoms with E-state index in [0.29, 0.717) is 6.54 Å². The van der Waals surface area contributed by atoms with E-state index in [-0.39, 0.29) is 5.82 Å². The van der Waals surface area contributed by atoms with Crippen LogP contribution in [-0.4, -0.2) is 6.54 Å². The van der Waals surface area contributed by atoms with E-state index >= 15 is 0 Å². The molecule has 1 aliphatic rings. The Kier molecular flexibility index (Phi) is 5.83. The van der Waals surface area contributed by atoms with Crippen molar-refractivity contribution in [2.75, 3.05) is 6.54 Å². The predicted molar refractivity (Wildman–Crippen MR) is 81.5 cm³/mol. The summed E-state index contributed by atoms with van der Waals surface area (Å²) in [6.45, 7) is 3.94. The fourth-order valence-corrected chi connectivity index (χ4v) is 3.32. The van der Waals surface area contributed by atoms with Crippen LogP contribution in [0.2, 0.25) is 0 Å². The first-order valence-corrected chi connectivity index (χ1v) is 8.09. The molecule has 0 atom stereocenters. The number of benzene rings is 1. The standard InChI is InChI=1S/C16H23BrFN/c1-12-5-7-13(8-6-12)9-10-19-11-14-15(17)3-2-4-16(14)18/h2-4,12-13,19H,5-11H2,1H3. The molecule has 19 heavy (non-hydrogen) atoms. The summed E-state index contributed by atoms with van der Waals surface area (Å²) in [6.07, 6.45) is 6.71. The fourth-order valence-electron chi connectivity index (χ4n) is 2.84. The van der Waals surface area contributed by atoms with Crippen molar-refractivity contribution >= 4 is 15.9 Å². The Hall–Kier alpha value is -0.410. The highest BCUT2D eigenvalue weighted by Gasteiger charge is 2.17. The molecule has 0 bridgehead atoms. The van der Waals surface area contributed by atoms with E-state index in [1.807, 2.05) is 6.07 Å². The molecule has 0 aliphatic heterocycles. The van der Waals surface area contributed by atoms with E-state index in [9.17, 15) is 4.39 Å². The van der Waals surface area contributed by atoms with Crippen molar-refractivity contribution in [1.82, 2.24) is 5.32 Å². The van der Waals surface area contributed by atoms with Crippen molar-refractivity contribution < 1.29 is 4.39 Å². The molecule has 0 amide bonds. The minimum atomic E-state index is -0.131. The van der Waals surface area contributed by atoms with Gasteiger partial charge in [-0.3, -0.25) is 0 Å². The van der Waals surface area contributed by atoms with Crippen molar-refractivity contribution in [1.29, 1.82) is 0 Å². The summed E-state index contributed by atoms with van der Waals surface area (Å²) in [6, 6.07) is 5.14. The average Bonchev–Trinajstić information content (AvgIpc) is 2.39. The van der Waals surface area contributed by atoms with Crippen LogP contribution >= 0.6 is 15.9 Å². The van der Waals surface area contributed by atoms with Crippen LogP contribution in [-0.2, 0) is 6.54 Å². The molecule has 3 heteroatoms. The largest absolute Gasteiger partial charge is 0.313 e. The quantitative estimate of drug-likeness (QED) is 0.759. The van der Waals surface area contributed by atoms with Crippen LogP contribution in [0.25, 0.3) is 0 Å². The van der Waals surface area contributed by atoms with Gasteiger partial charge >= 0.3 is 0 Å². The molecule has 0 heterocycles. The Morgan fingerprint density at radius 2 is 2.00 bits per heavy atom. The van der Waals surface area contributed by atoms with E-state index in [1.165, 1.54) is 38.2 Å². The zero-order valence-corrected chi connectivity index (χ0v) is 13.2. The smallest absolute Gasteiger partial charge is 0.128 e. The molecule has 1 aromatic rings. The lowest BCUT2D eigenvalue weighted by atomic mass is 9.81. The molecule has 0 saturated heterocycles. The van der Waals surface area contributed by atoms with Crippen LogP contribution in [0.3, 0.4) is 0 Å². The molecule has 1 aliphatic carbocycles. The number of halogens is 2. The molecule has 0 radical (unpaired) electrons. The Balaban J connectivity index is 1.69. The normalized spacial score (nSPS) is 23.5. The zero-order valence-electron chi connectivity index (χ0n) is 11.6. The first kappa shape index (κ1) is 15.0. The predicted octanol–water partition coefficient (Wildman–Crippen LogP) is 4.89. The Labute approximate surface area is 124 Å². The van der Waals surface area contributed by atoms with Gasteiger partial charge in [-0.2, -0.15) is 0 Å². The molecule has 1 saturated carbocycles. The van der Waals surface area contributed by atoms with E-state index < -0.39 is 0 Å². The monoisotopic (exact) mass is 327 g/mol. The number of nitrogens with one attached hydrogen (secondary N) is 1. The van der Waals surface area contributed by atoms with Gasteiger partial charge in [0.2, 0.25) is 0 Å². The summed E-state index contributed by atoms with van der Waals surface area (Å²) in [5, 5.41) is 3.37. The maximum atomic E-state index is 13.6. The Morgan fingerprint density at radius 1 is 1.26 bits per heavy atom. The third-order valence-electron chi connectivity index (χ3n) is 4.23. The van der Waals surface area contributed by atoms with E-state index in [2.05, 4.69) is 28.2 Å². The van der Waals surface area contributed by atoms with Gasteiger partial charge in [0.25, 0.3) is 0 Å². The van der Waals surface area contributed by atoms with Gasteiger partial charge in [0.05, 0.1) is 0 Å². The van der Waals surface area contributed by atoms with Crippen LogP contribution in [0.4, 0.5) is 4.39 Å². The summed E-state index contributed by atoms with van der Waals surface area (Å²) in [5.74, 6) is 1.65. The summed E-state index contributed by atoms with van der Waals surface area (Å²) < 4.78 is 14.5. The van der Waals surface area contributed by atoms with E-state index in [4.69, 9.17) is 0 Å².